The fourth-order valence-electron chi connectivity index (χ4n) is 1.44. The molecule has 0 saturated heterocycles. The van der Waals surface area contributed by atoms with Crippen LogP contribution in [0.3, 0.4) is 0 Å². The zero-order chi connectivity index (χ0) is 10.9. The first-order chi connectivity index (χ1) is 7.36. The van der Waals surface area contributed by atoms with Crippen LogP contribution in [0.1, 0.15) is 33.1 Å². The number of hydrogen-bond acceptors (Lipinski definition) is 2. The Balaban J connectivity index is 2.36. The molecule has 1 rings (SSSR count). The molecule has 1 aromatic carbocycles. The lowest BCUT2D eigenvalue weighted by Gasteiger charge is -2.08. The number of anilines is 1. The van der Waals surface area contributed by atoms with Gasteiger partial charge in [-0.2, -0.15) is 0 Å². The smallest absolute Gasteiger partial charge is 0.121 e. The molecule has 1 N–H and O–H groups in total. The Labute approximate surface area is 92.6 Å². The molecule has 2 nitrogen and oxygen atoms in total. The Morgan fingerprint density at radius 3 is 2.80 bits per heavy atom. The molecule has 0 aromatic heterocycles. The molecule has 0 amide bonds. The number of unbranched alkanes of at least 4 members (excludes halogenated alkanes) is 2. The maximum Gasteiger partial charge on any atom is 0.121 e. The summed E-state index contributed by atoms with van der Waals surface area (Å²) in [4.78, 5) is 0. The maximum atomic E-state index is 5.66. The summed E-state index contributed by atoms with van der Waals surface area (Å²) >= 11 is 0. The molecule has 0 atom stereocenters. The van der Waals surface area contributed by atoms with Crippen LogP contribution in [0, 0.1) is 0 Å². The van der Waals surface area contributed by atoms with E-state index in [1.165, 1.54) is 12.8 Å². The van der Waals surface area contributed by atoms with Crippen molar-refractivity contribution in [3.63, 3.8) is 0 Å². The molecule has 0 aliphatic heterocycles. The fraction of sp³-hybridized carbons (Fsp3) is 0.538. The molecule has 15 heavy (non-hydrogen) atoms. The van der Waals surface area contributed by atoms with Gasteiger partial charge in [-0.25, -0.2) is 0 Å². The van der Waals surface area contributed by atoms with E-state index in [1.807, 2.05) is 12.1 Å². The molecule has 0 aliphatic rings. The van der Waals surface area contributed by atoms with Gasteiger partial charge in [-0.15, -0.1) is 0 Å². The molecule has 0 unspecified atom stereocenters. The standard InChI is InChI=1S/C13H21NO/c1-3-5-6-10-15-13-9-7-8-12(11-13)14-4-2/h7-9,11,14H,3-6,10H2,1-2H3. The van der Waals surface area contributed by atoms with E-state index in [1.54, 1.807) is 0 Å². The van der Waals surface area contributed by atoms with Crippen molar-refractivity contribution < 1.29 is 4.74 Å². The summed E-state index contributed by atoms with van der Waals surface area (Å²) in [6.45, 7) is 6.06. The molecule has 0 radical (unpaired) electrons. The maximum absolute atomic E-state index is 5.66. The molecule has 84 valence electrons. The van der Waals surface area contributed by atoms with Crippen LogP contribution in [0.25, 0.3) is 0 Å². The second-order valence-corrected chi connectivity index (χ2v) is 3.61. The van der Waals surface area contributed by atoms with Gasteiger partial charge in [0.2, 0.25) is 0 Å². The molecule has 0 saturated carbocycles. The summed E-state index contributed by atoms with van der Waals surface area (Å²) in [6.07, 6.45) is 3.62. The number of rotatable bonds is 7. The average molecular weight is 207 g/mol. The van der Waals surface area contributed by atoms with Crippen molar-refractivity contribution in [1.29, 1.82) is 0 Å². The van der Waals surface area contributed by atoms with Crippen LogP contribution in [0.5, 0.6) is 5.75 Å². The van der Waals surface area contributed by atoms with Gasteiger partial charge in [0.15, 0.2) is 0 Å². The van der Waals surface area contributed by atoms with Gasteiger partial charge < -0.3 is 10.1 Å². The van der Waals surface area contributed by atoms with Crippen LogP contribution in [0.2, 0.25) is 0 Å². The molecule has 0 heterocycles. The van der Waals surface area contributed by atoms with Crippen LogP contribution in [0.4, 0.5) is 5.69 Å². The van der Waals surface area contributed by atoms with Crippen molar-refractivity contribution in [3.8, 4) is 5.75 Å². The van der Waals surface area contributed by atoms with Gasteiger partial charge in [0, 0.05) is 18.3 Å². The van der Waals surface area contributed by atoms with Gasteiger partial charge in [-0.05, 0) is 25.5 Å². The molecule has 2 heteroatoms. The zero-order valence-electron chi connectivity index (χ0n) is 9.75. The highest BCUT2D eigenvalue weighted by molar-refractivity contribution is 5.47. The molecule has 0 aliphatic carbocycles. The van der Waals surface area contributed by atoms with Crippen molar-refractivity contribution >= 4 is 5.69 Å². The molecule has 0 bridgehead atoms. The predicted molar refractivity (Wildman–Crippen MR) is 65.6 cm³/mol. The minimum atomic E-state index is 0.823. The Morgan fingerprint density at radius 2 is 2.07 bits per heavy atom. The quantitative estimate of drug-likeness (QED) is 0.688. The highest BCUT2D eigenvalue weighted by Gasteiger charge is 1.95. The second-order valence-electron chi connectivity index (χ2n) is 3.61. The summed E-state index contributed by atoms with van der Waals surface area (Å²) in [7, 11) is 0. The van der Waals surface area contributed by atoms with Gasteiger partial charge in [0.25, 0.3) is 0 Å². The normalized spacial score (nSPS) is 10.0. The van der Waals surface area contributed by atoms with E-state index in [2.05, 4.69) is 31.3 Å². The van der Waals surface area contributed by atoms with Gasteiger partial charge in [-0.3, -0.25) is 0 Å². The van der Waals surface area contributed by atoms with Crippen LogP contribution >= 0.6 is 0 Å². The Kier molecular flexibility index (Phi) is 5.67. The third kappa shape index (κ3) is 4.73. The lowest BCUT2D eigenvalue weighted by Crippen LogP contribution is -1.99. The van der Waals surface area contributed by atoms with E-state index in [-0.39, 0.29) is 0 Å². The van der Waals surface area contributed by atoms with Crippen molar-refractivity contribution in [2.45, 2.75) is 33.1 Å². The Hall–Kier alpha value is -1.18. The van der Waals surface area contributed by atoms with Crippen molar-refractivity contribution in [2.75, 3.05) is 18.5 Å². The van der Waals surface area contributed by atoms with E-state index < -0.39 is 0 Å². The first-order valence-corrected chi connectivity index (χ1v) is 5.83. The summed E-state index contributed by atoms with van der Waals surface area (Å²) in [6, 6.07) is 8.14. The second kappa shape index (κ2) is 7.16. The van der Waals surface area contributed by atoms with Gasteiger partial charge in [0.1, 0.15) is 5.75 Å². The van der Waals surface area contributed by atoms with Crippen molar-refractivity contribution in [1.82, 2.24) is 0 Å². The molecule has 0 fully saturated rings. The molecular formula is C13H21NO. The van der Waals surface area contributed by atoms with E-state index >= 15 is 0 Å². The largest absolute Gasteiger partial charge is 0.494 e. The van der Waals surface area contributed by atoms with E-state index in [9.17, 15) is 0 Å². The third-order valence-electron chi connectivity index (χ3n) is 2.23. The van der Waals surface area contributed by atoms with Gasteiger partial charge in [-0.1, -0.05) is 25.8 Å². The number of benzene rings is 1. The summed E-state index contributed by atoms with van der Waals surface area (Å²) in [5.41, 5.74) is 1.13. The SMILES string of the molecule is CCCCCOc1cccc(NCC)c1. The van der Waals surface area contributed by atoms with Crippen molar-refractivity contribution in [3.05, 3.63) is 24.3 Å². The van der Waals surface area contributed by atoms with Crippen LogP contribution < -0.4 is 10.1 Å². The molecule has 0 spiro atoms. The molecule has 1 aromatic rings. The van der Waals surface area contributed by atoms with E-state index in [4.69, 9.17) is 4.74 Å². The predicted octanol–water partition coefficient (Wildman–Crippen LogP) is 3.69. The minimum Gasteiger partial charge on any atom is -0.494 e. The zero-order valence-corrected chi connectivity index (χ0v) is 9.75. The minimum absolute atomic E-state index is 0.823. The van der Waals surface area contributed by atoms with Gasteiger partial charge >= 0.3 is 0 Å². The summed E-state index contributed by atoms with van der Waals surface area (Å²) < 4.78 is 5.66. The summed E-state index contributed by atoms with van der Waals surface area (Å²) in [5.74, 6) is 0.963. The number of nitrogens with one attached hydrogen (secondary N) is 1. The van der Waals surface area contributed by atoms with E-state index in [0.29, 0.717) is 0 Å². The first-order valence-electron chi connectivity index (χ1n) is 5.83. The van der Waals surface area contributed by atoms with Gasteiger partial charge in [0.05, 0.1) is 6.61 Å². The highest BCUT2D eigenvalue weighted by atomic mass is 16.5. The Bertz CT molecular complexity index is 273. The third-order valence-corrected chi connectivity index (χ3v) is 2.23. The van der Waals surface area contributed by atoms with E-state index in [0.717, 1.165) is 31.0 Å². The fourth-order valence-corrected chi connectivity index (χ4v) is 1.44. The number of ether oxygens (including phenoxy) is 1. The average Bonchev–Trinajstić information content (AvgIpc) is 2.26. The number of hydrogen-bond donors (Lipinski definition) is 1. The lowest BCUT2D eigenvalue weighted by atomic mass is 10.2. The van der Waals surface area contributed by atoms with Crippen LogP contribution in [-0.2, 0) is 0 Å². The van der Waals surface area contributed by atoms with Crippen LogP contribution in [-0.4, -0.2) is 13.2 Å². The Morgan fingerprint density at radius 1 is 1.20 bits per heavy atom. The van der Waals surface area contributed by atoms with Crippen LogP contribution in [0.15, 0.2) is 24.3 Å². The monoisotopic (exact) mass is 207 g/mol. The van der Waals surface area contributed by atoms with Crippen molar-refractivity contribution in [2.24, 2.45) is 0 Å². The lowest BCUT2D eigenvalue weighted by molar-refractivity contribution is 0.306. The molecular weight excluding hydrogens is 186 g/mol. The summed E-state index contributed by atoms with van der Waals surface area (Å²) in [5, 5.41) is 3.27. The highest BCUT2D eigenvalue weighted by Crippen LogP contribution is 2.17. The first kappa shape index (κ1) is 11.9. The topological polar surface area (TPSA) is 21.3 Å².